The third-order valence-corrected chi connectivity index (χ3v) is 3.00. The largest absolute Gasteiger partial charge is 0.315 e. The summed E-state index contributed by atoms with van der Waals surface area (Å²) in [7, 11) is 0. The Morgan fingerprint density at radius 2 is 1.88 bits per heavy atom. The highest BCUT2D eigenvalue weighted by Gasteiger charge is 1.97. The van der Waals surface area contributed by atoms with Gasteiger partial charge in [-0.15, -0.1) is 0 Å². The Morgan fingerprint density at radius 1 is 1.18 bits per heavy atom. The molecule has 0 aliphatic rings. The summed E-state index contributed by atoms with van der Waals surface area (Å²) in [6, 6.07) is 6.22. The van der Waals surface area contributed by atoms with Crippen molar-refractivity contribution in [3.05, 3.63) is 34.3 Å². The SMILES string of the molecule is Cc1ccc(CNCCNCC(C)C)cc1Cl. The maximum absolute atomic E-state index is 6.07. The molecular formula is C14H23ClN2. The lowest BCUT2D eigenvalue weighted by atomic mass is 10.1. The summed E-state index contributed by atoms with van der Waals surface area (Å²) in [5, 5.41) is 7.65. The van der Waals surface area contributed by atoms with Crippen LogP contribution >= 0.6 is 11.6 Å². The molecule has 1 aromatic carbocycles. The highest BCUT2D eigenvalue weighted by atomic mass is 35.5. The molecule has 0 amide bonds. The molecule has 0 heterocycles. The van der Waals surface area contributed by atoms with Crippen LogP contribution in [0.4, 0.5) is 0 Å². The van der Waals surface area contributed by atoms with Crippen molar-refractivity contribution in [2.45, 2.75) is 27.3 Å². The van der Waals surface area contributed by atoms with Crippen LogP contribution in [-0.4, -0.2) is 19.6 Å². The molecule has 1 aromatic rings. The van der Waals surface area contributed by atoms with Crippen LogP contribution in [0.15, 0.2) is 18.2 Å². The second kappa shape index (κ2) is 7.70. The Labute approximate surface area is 110 Å². The number of hydrogen-bond donors (Lipinski definition) is 2. The molecule has 0 saturated heterocycles. The van der Waals surface area contributed by atoms with Crippen molar-refractivity contribution in [2.24, 2.45) is 5.92 Å². The van der Waals surface area contributed by atoms with Crippen LogP contribution in [0.25, 0.3) is 0 Å². The molecule has 0 radical (unpaired) electrons. The number of halogens is 1. The Bertz CT molecular complexity index is 337. The topological polar surface area (TPSA) is 24.1 Å². The first-order valence-electron chi connectivity index (χ1n) is 6.26. The van der Waals surface area contributed by atoms with E-state index in [2.05, 4.69) is 36.6 Å². The van der Waals surface area contributed by atoms with Crippen LogP contribution in [0, 0.1) is 12.8 Å². The van der Waals surface area contributed by atoms with Gasteiger partial charge in [-0.2, -0.15) is 0 Å². The zero-order chi connectivity index (χ0) is 12.7. The third kappa shape index (κ3) is 6.06. The molecule has 2 nitrogen and oxygen atoms in total. The zero-order valence-electron chi connectivity index (χ0n) is 11.0. The van der Waals surface area contributed by atoms with Gasteiger partial charge in [0, 0.05) is 24.7 Å². The summed E-state index contributed by atoms with van der Waals surface area (Å²) in [4.78, 5) is 0. The summed E-state index contributed by atoms with van der Waals surface area (Å²) in [5.41, 5.74) is 2.37. The van der Waals surface area contributed by atoms with Gasteiger partial charge >= 0.3 is 0 Å². The van der Waals surface area contributed by atoms with Crippen LogP contribution in [0.3, 0.4) is 0 Å². The van der Waals surface area contributed by atoms with Gasteiger partial charge in [0.2, 0.25) is 0 Å². The first-order chi connectivity index (χ1) is 8.09. The van der Waals surface area contributed by atoms with Crippen LogP contribution < -0.4 is 10.6 Å². The second-order valence-electron chi connectivity index (χ2n) is 4.86. The van der Waals surface area contributed by atoms with Crippen LogP contribution in [0.2, 0.25) is 5.02 Å². The molecule has 0 saturated carbocycles. The van der Waals surface area contributed by atoms with Gasteiger partial charge in [-0.25, -0.2) is 0 Å². The van der Waals surface area contributed by atoms with E-state index in [1.807, 2.05) is 13.0 Å². The Hall–Kier alpha value is -0.570. The second-order valence-corrected chi connectivity index (χ2v) is 5.27. The van der Waals surface area contributed by atoms with Gasteiger partial charge in [0.25, 0.3) is 0 Å². The smallest absolute Gasteiger partial charge is 0.0438 e. The zero-order valence-corrected chi connectivity index (χ0v) is 11.8. The van der Waals surface area contributed by atoms with Crippen molar-refractivity contribution in [1.82, 2.24) is 10.6 Å². The summed E-state index contributed by atoms with van der Waals surface area (Å²) in [5.74, 6) is 0.714. The monoisotopic (exact) mass is 254 g/mol. The van der Waals surface area contributed by atoms with E-state index >= 15 is 0 Å². The van der Waals surface area contributed by atoms with Gasteiger partial charge < -0.3 is 10.6 Å². The number of aryl methyl sites for hydroxylation is 1. The average Bonchev–Trinajstić information content (AvgIpc) is 2.27. The lowest BCUT2D eigenvalue weighted by Gasteiger charge is -2.09. The summed E-state index contributed by atoms with van der Waals surface area (Å²) < 4.78 is 0. The predicted octanol–water partition coefficient (Wildman–Crippen LogP) is 2.98. The maximum atomic E-state index is 6.07. The molecular weight excluding hydrogens is 232 g/mol. The highest BCUT2D eigenvalue weighted by molar-refractivity contribution is 6.31. The van der Waals surface area contributed by atoms with Crippen molar-refractivity contribution in [3.8, 4) is 0 Å². The van der Waals surface area contributed by atoms with E-state index in [4.69, 9.17) is 11.6 Å². The molecule has 0 fully saturated rings. The minimum absolute atomic E-state index is 0.714. The molecule has 2 N–H and O–H groups in total. The quantitative estimate of drug-likeness (QED) is 0.731. The van der Waals surface area contributed by atoms with Gasteiger partial charge in [-0.1, -0.05) is 37.6 Å². The van der Waals surface area contributed by atoms with Crippen molar-refractivity contribution < 1.29 is 0 Å². The summed E-state index contributed by atoms with van der Waals surface area (Å²) in [6.45, 7) is 10.4. The molecule has 0 aliphatic heterocycles. The molecule has 96 valence electrons. The third-order valence-electron chi connectivity index (χ3n) is 2.60. The Morgan fingerprint density at radius 3 is 2.53 bits per heavy atom. The molecule has 0 atom stereocenters. The van der Waals surface area contributed by atoms with Crippen molar-refractivity contribution in [1.29, 1.82) is 0 Å². The molecule has 0 aromatic heterocycles. The van der Waals surface area contributed by atoms with E-state index in [-0.39, 0.29) is 0 Å². The van der Waals surface area contributed by atoms with E-state index in [9.17, 15) is 0 Å². The summed E-state index contributed by atoms with van der Waals surface area (Å²) >= 11 is 6.07. The van der Waals surface area contributed by atoms with Gasteiger partial charge in [-0.3, -0.25) is 0 Å². The molecule has 17 heavy (non-hydrogen) atoms. The molecule has 0 aliphatic carbocycles. The van der Waals surface area contributed by atoms with E-state index < -0.39 is 0 Å². The molecule has 0 unspecified atom stereocenters. The van der Waals surface area contributed by atoms with Gasteiger partial charge in [-0.05, 0) is 36.6 Å². The number of benzene rings is 1. The molecule has 1 rings (SSSR count). The lowest BCUT2D eigenvalue weighted by Crippen LogP contribution is -2.29. The first kappa shape index (κ1) is 14.5. The van der Waals surface area contributed by atoms with Crippen molar-refractivity contribution in [3.63, 3.8) is 0 Å². The Balaban J connectivity index is 2.16. The number of nitrogens with one attached hydrogen (secondary N) is 2. The van der Waals surface area contributed by atoms with Crippen LogP contribution in [0.1, 0.15) is 25.0 Å². The van der Waals surface area contributed by atoms with E-state index in [1.165, 1.54) is 5.56 Å². The van der Waals surface area contributed by atoms with E-state index in [1.54, 1.807) is 0 Å². The fourth-order valence-electron chi connectivity index (χ4n) is 1.55. The average molecular weight is 255 g/mol. The normalized spacial score (nSPS) is 11.1. The van der Waals surface area contributed by atoms with Crippen LogP contribution in [0.5, 0.6) is 0 Å². The van der Waals surface area contributed by atoms with E-state index in [0.717, 1.165) is 36.8 Å². The highest BCUT2D eigenvalue weighted by Crippen LogP contribution is 2.16. The predicted molar refractivity (Wildman–Crippen MR) is 75.6 cm³/mol. The van der Waals surface area contributed by atoms with Gasteiger partial charge in [0.05, 0.1) is 0 Å². The van der Waals surface area contributed by atoms with Crippen LogP contribution in [-0.2, 0) is 6.54 Å². The van der Waals surface area contributed by atoms with E-state index in [0.29, 0.717) is 5.92 Å². The first-order valence-corrected chi connectivity index (χ1v) is 6.64. The fourth-order valence-corrected chi connectivity index (χ4v) is 1.75. The number of hydrogen-bond acceptors (Lipinski definition) is 2. The lowest BCUT2D eigenvalue weighted by molar-refractivity contribution is 0.535. The minimum atomic E-state index is 0.714. The standard InChI is InChI=1S/C14H23ClN2/c1-11(2)9-16-6-7-17-10-13-5-4-12(3)14(15)8-13/h4-5,8,11,16-17H,6-7,9-10H2,1-3H3. The maximum Gasteiger partial charge on any atom is 0.0438 e. The summed E-state index contributed by atoms with van der Waals surface area (Å²) in [6.07, 6.45) is 0. The van der Waals surface area contributed by atoms with Crippen molar-refractivity contribution >= 4 is 11.6 Å². The molecule has 0 spiro atoms. The molecule has 0 bridgehead atoms. The van der Waals surface area contributed by atoms with Gasteiger partial charge in [0.15, 0.2) is 0 Å². The Kier molecular flexibility index (Phi) is 6.56. The minimum Gasteiger partial charge on any atom is -0.315 e. The fraction of sp³-hybridized carbons (Fsp3) is 0.571. The van der Waals surface area contributed by atoms with Crippen molar-refractivity contribution in [2.75, 3.05) is 19.6 Å². The molecule has 3 heteroatoms. The number of rotatable bonds is 7. The van der Waals surface area contributed by atoms with Gasteiger partial charge in [0.1, 0.15) is 0 Å².